The lowest BCUT2D eigenvalue weighted by Crippen LogP contribution is -2.19. The van der Waals surface area contributed by atoms with E-state index in [9.17, 15) is 0 Å². The standard InChI is InChI=1S/C6H14NP/c1-5-3-4-7-6(5)8-2/h5-8H,3-4H2,1-2H3/t5-,6?/m1/s1. The van der Waals surface area contributed by atoms with Crippen LogP contribution in [-0.4, -0.2) is 19.0 Å². The Balaban J connectivity index is 2.30. The van der Waals surface area contributed by atoms with Crippen molar-refractivity contribution >= 4 is 8.58 Å². The van der Waals surface area contributed by atoms with Crippen LogP contribution in [0.5, 0.6) is 0 Å². The minimum atomic E-state index is 0.843. The van der Waals surface area contributed by atoms with Gasteiger partial charge in [-0.05, 0) is 25.5 Å². The predicted molar refractivity (Wildman–Crippen MR) is 39.8 cm³/mol. The van der Waals surface area contributed by atoms with Crippen LogP contribution in [0.3, 0.4) is 0 Å². The minimum Gasteiger partial charge on any atom is -0.310 e. The highest BCUT2D eigenvalue weighted by Gasteiger charge is 2.19. The smallest absolute Gasteiger partial charge is 0.0263 e. The van der Waals surface area contributed by atoms with Crippen LogP contribution in [0.15, 0.2) is 0 Å². The highest BCUT2D eigenvalue weighted by Crippen LogP contribution is 2.26. The minimum absolute atomic E-state index is 0.843. The Morgan fingerprint density at radius 1 is 1.62 bits per heavy atom. The van der Waals surface area contributed by atoms with E-state index < -0.39 is 0 Å². The number of hydrogen-bond acceptors (Lipinski definition) is 1. The van der Waals surface area contributed by atoms with Gasteiger partial charge < -0.3 is 5.32 Å². The largest absolute Gasteiger partial charge is 0.310 e. The van der Waals surface area contributed by atoms with E-state index in [1.165, 1.54) is 13.0 Å². The van der Waals surface area contributed by atoms with E-state index in [1.54, 1.807) is 0 Å². The summed E-state index contributed by atoms with van der Waals surface area (Å²) >= 11 is 0. The van der Waals surface area contributed by atoms with Crippen molar-refractivity contribution in [3.8, 4) is 0 Å². The summed E-state index contributed by atoms with van der Waals surface area (Å²) in [4.78, 5) is 0. The van der Waals surface area contributed by atoms with Crippen molar-refractivity contribution in [3.63, 3.8) is 0 Å². The lowest BCUT2D eigenvalue weighted by atomic mass is 10.2. The zero-order valence-electron chi connectivity index (χ0n) is 5.57. The van der Waals surface area contributed by atoms with Gasteiger partial charge in [0, 0.05) is 5.78 Å². The first-order chi connectivity index (χ1) is 3.84. The normalized spacial score (nSPS) is 39.8. The van der Waals surface area contributed by atoms with E-state index in [0.29, 0.717) is 0 Å². The van der Waals surface area contributed by atoms with Gasteiger partial charge in [-0.15, -0.1) is 8.58 Å². The Kier molecular flexibility index (Phi) is 2.27. The molecular weight excluding hydrogens is 117 g/mol. The van der Waals surface area contributed by atoms with Crippen molar-refractivity contribution in [1.82, 2.24) is 5.32 Å². The van der Waals surface area contributed by atoms with Gasteiger partial charge in [0.1, 0.15) is 0 Å². The maximum Gasteiger partial charge on any atom is 0.0263 e. The molecule has 1 rings (SSSR count). The molecule has 1 heterocycles. The second-order valence-corrected chi connectivity index (χ2v) is 3.69. The Morgan fingerprint density at radius 2 is 2.38 bits per heavy atom. The Morgan fingerprint density at radius 3 is 2.62 bits per heavy atom. The van der Waals surface area contributed by atoms with Gasteiger partial charge >= 0.3 is 0 Å². The average Bonchev–Trinajstić information content (AvgIpc) is 2.14. The van der Waals surface area contributed by atoms with E-state index in [4.69, 9.17) is 0 Å². The number of rotatable bonds is 1. The van der Waals surface area contributed by atoms with Crippen molar-refractivity contribution in [2.24, 2.45) is 5.92 Å². The molecule has 0 aromatic heterocycles. The third-order valence-electron chi connectivity index (χ3n) is 1.84. The molecule has 48 valence electrons. The average molecular weight is 131 g/mol. The van der Waals surface area contributed by atoms with Crippen molar-refractivity contribution in [1.29, 1.82) is 0 Å². The molecule has 1 nitrogen and oxygen atoms in total. The summed E-state index contributed by atoms with van der Waals surface area (Å²) in [5, 5.41) is 3.47. The van der Waals surface area contributed by atoms with Crippen molar-refractivity contribution in [2.75, 3.05) is 13.2 Å². The molecule has 1 N–H and O–H groups in total. The number of hydrogen-bond donors (Lipinski definition) is 1. The maximum atomic E-state index is 3.47. The van der Waals surface area contributed by atoms with Crippen molar-refractivity contribution in [2.45, 2.75) is 19.1 Å². The SMILES string of the molecule is CPC1NCC[C@H]1C. The Bertz CT molecular complexity index is 74.9. The molecule has 2 heteroatoms. The molecule has 8 heavy (non-hydrogen) atoms. The van der Waals surface area contributed by atoms with Crippen LogP contribution in [0.25, 0.3) is 0 Å². The predicted octanol–water partition coefficient (Wildman–Crippen LogP) is 1.25. The van der Waals surface area contributed by atoms with Gasteiger partial charge in [0.25, 0.3) is 0 Å². The Labute approximate surface area is 53.0 Å². The lowest BCUT2D eigenvalue weighted by molar-refractivity contribution is 0.611. The van der Waals surface area contributed by atoms with Crippen LogP contribution in [0.4, 0.5) is 0 Å². The highest BCUT2D eigenvalue weighted by atomic mass is 31.1. The fraction of sp³-hybridized carbons (Fsp3) is 1.00. The van der Waals surface area contributed by atoms with Crippen molar-refractivity contribution in [3.05, 3.63) is 0 Å². The molecule has 1 aliphatic heterocycles. The van der Waals surface area contributed by atoms with Crippen LogP contribution < -0.4 is 5.32 Å². The van der Waals surface area contributed by atoms with Crippen LogP contribution >= 0.6 is 8.58 Å². The molecule has 2 unspecified atom stereocenters. The molecule has 0 amide bonds. The van der Waals surface area contributed by atoms with Crippen LogP contribution in [0, 0.1) is 5.92 Å². The number of nitrogens with one attached hydrogen (secondary N) is 1. The van der Waals surface area contributed by atoms with E-state index in [0.717, 1.165) is 20.3 Å². The third-order valence-corrected chi connectivity index (χ3v) is 3.24. The van der Waals surface area contributed by atoms with E-state index in [2.05, 4.69) is 18.9 Å². The van der Waals surface area contributed by atoms with Gasteiger partial charge in [-0.3, -0.25) is 0 Å². The summed E-state index contributed by atoms with van der Waals surface area (Å²) < 4.78 is 0. The first kappa shape index (κ1) is 6.51. The molecule has 3 atom stereocenters. The van der Waals surface area contributed by atoms with Gasteiger partial charge in [-0.1, -0.05) is 6.92 Å². The summed E-state index contributed by atoms with van der Waals surface area (Å²) in [5.74, 6) is 1.77. The van der Waals surface area contributed by atoms with Crippen LogP contribution in [0.2, 0.25) is 0 Å². The summed E-state index contributed by atoms with van der Waals surface area (Å²) in [5.41, 5.74) is 0. The van der Waals surface area contributed by atoms with Crippen LogP contribution in [0.1, 0.15) is 13.3 Å². The molecule has 1 saturated heterocycles. The second kappa shape index (κ2) is 2.80. The monoisotopic (exact) mass is 131 g/mol. The summed E-state index contributed by atoms with van der Waals surface area (Å²) in [6.07, 6.45) is 1.38. The topological polar surface area (TPSA) is 12.0 Å². The summed E-state index contributed by atoms with van der Waals surface area (Å²) in [6, 6.07) is 0. The zero-order valence-corrected chi connectivity index (χ0v) is 6.57. The van der Waals surface area contributed by atoms with Crippen LogP contribution in [-0.2, 0) is 0 Å². The maximum absolute atomic E-state index is 3.47. The van der Waals surface area contributed by atoms with E-state index >= 15 is 0 Å². The molecular formula is C6H14NP. The van der Waals surface area contributed by atoms with Gasteiger partial charge in [-0.2, -0.15) is 0 Å². The molecule has 1 fully saturated rings. The van der Waals surface area contributed by atoms with Gasteiger partial charge in [0.15, 0.2) is 0 Å². The molecule has 0 radical (unpaired) electrons. The van der Waals surface area contributed by atoms with Gasteiger partial charge in [-0.25, -0.2) is 0 Å². The lowest BCUT2D eigenvalue weighted by Gasteiger charge is -2.11. The van der Waals surface area contributed by atoms with E-state index in [-0.39, 0.29) is 0 Å². The second-order valence-electron chi connectivity index (χ2n) is 2.49. The first-order valence-corrected chi connectivity index (χ1v) is 4.83. The van der Waals surface area contributed by atoms with Gasteiger partial charge in [0.05, 0.1) is 0 Å². The van der Waals surface area contributed by atoms with E-state index in [1.807, 2.05) is 0 Å². The molecule has 0 aromatic rings. The van der Waals surface area contributed by atoms with Crippen molar-refractivity contribution < 1.29 is 0 Å². The molecule has 0 spiro atoms. The summed E-state index contributed by atoms with van der Waals surface area (Å²) in [6.45, 7) is 5.85. The first-order valence-electron chi connectivity index (χ1n) is 3.25. The molecule has 0 aromatic carbocycles. The third kappa shape index (κ3) is 1.21. The van der Waals surface area contributed by atoms with Gasteiger partial charge in [0.2, 0.25) is 0 Å². The quantitative estimate of drug-likeness (QED) is 0.528. The summed E-state index contributed by atoms with van der Waals surface area (Å²) in [7, 11) is 1.08. The zero-order chi connectivity index (χ0) is 5.98. The highest BCUT2D eigenvalue weighted by molar-refractivity contribution is 7.37. The fourth-order valence-corrected chi connectivity index (χ4v) is 2.31. The molecule has 0 aliphatic carbocycles. The molecule has 0 bridgehead atoms. The fourth-order valence-electron chi connectivity index (χ4n) is 1.22. The Hall–Kier alpha value is 0.390. The molecule has 0 saturated carbocycles. The molecule has 1 aliphatic rings.